The first-order valence-corrected chi connectivity index (χ1v) is 7.39. The predicted molar refractivity (Wildman–Crippen MR) is 80.8 cm³/mol. The van der Waals surface area contributed by atoms with E-state index in [1.165, 1.54) is 0 Å². The topological polar surface area (TPSA) is 84.7 Å². The Hall–Kier alpha value is -2.67. The van der Waals surface area contributed by atoms with Crippen LogP contribution in [0, 0.1) is 0 Å². The van der Waals surface area contributed by atoms with Crippen LogP contribution in [0.3, 0.4) is 0 Å². The summed E-state index contributed by atoms with van der Waals surface area (Å²) in [6, 6.07) is 8.37. The van der Waals surface area contributed by atoms with Gasteiger partial charge in [-0.25, -0.2) is 4.98 Å². The standard InChI is InChI=1S/C16H17N3O4/c20-15(17-11-12-3-2-8-23-12)13-4-1-5-14(18-13)16(21)19-6-9-22-10-7-19/h1-5,8H,6-7,9-11H2,(H,17,20). The van der Waals surface area contributed by atoms with Crippen molar-refractivity contribution >= 4 is 11.8 Å². The zero-order valence-corrected chi connectivity index (χ0v) is 12.5. The molecule has 0 aromatic carbocycles. The van der Waals surface area contributed by atoms with Crippen molar-refractivity contribution in [1.29, 1.82) is 0 Å². The summed E-state index contributed by atoms with van der Waals surface area (Å²) in [6.07, 6.45) is 1.54. The number of ether oxygens (including phenoxy) is 1. The first-order valence-electron chi connectivity index (χ1n) is 7.39. The normalized spacial score (nSPS) is 14.5. The average Bonchev–Trinajstić information content (AvgIpc) is 3.13. The molecule has 0 bridgehead atoms. The van der Waals surface area contributed by atoms with E-state index in [0.717, 1.165) is 0 Å². The maximum absolute atomic E-state index is 12.4. The molecule has 1 N–H and O–H groups in total. The van der Waals surface area contributed by atoms with E-state index in [2.05, 4.69) is 10.3 Å². The maximum Gasteiger partial charge on any atom is 0.272 e. The van der Waals surface area contributed by atoms with Crippen LogP contribution < -0.4 is 5.32 Å². The Bertz CT molecular complexity index is 678. The number of carbonyl (C=O) groups excluding carboxylic acids is 2. The quantitative estimate of drug-likeness (QED) is 0.912. The van der Waals surface area contributed by atoms with Crippen molar-refractivity contribution < 1.29 is 18.7 Å². The molecule has 2 aromatic rings. The molecule has 0 spiro atoms. The van der Waals surface area contributed by atoms with Crippen molar-refractivity contribution in [1.82, 2.24) is 15.2 Å². The highest BCUT2D eigenvalue weighted by molar-refractivity contribution is 5.96. The van der Waals surface area contributed by atoms with Crippen LogP contribution in [0.15, 0.2) is 41.0 Å². The van der Waals surface area contributed by atoms with E-state index >= 15 is 0 Å². The lowest BCUT2D eigenvalue weighted by Crippen LogP contribution is -2.41. The van der Waals surface area contributed by atoms with E-state index in [1.54, 1.807) is 41.5 Å². The molecule has 7 heteroatoms. The molecule has 3 rings (SSSR count). The van der Waals surface area contributed by atoms with Crippen molar-refractivity contribution in [3.8, 4) is 0 Å². The first kappa shape index (κ1) is 15.2. The molecule has 7 nitrogen and oxygen atoms in total. The third kappa shape index (κ3) is 3.75. The molecule has 0 aliphatic carbocycles. The highest BCUT2D eigenvalue weighted by Gasteiger charge is 2.20. The Morgan fingerprint density at radius 3 is 2.65 bits per heavy atom. The summed E-state index contributed by atoms with van der Waals surface area (Å²) >= 11 is 0. The summed E-state index contributed by atoms with van der Waals surface area (Å²) in [5, 5.41) is 2.71. The van der Waals surface area contributed by atoms with Gasteiger partial charge in [0.05, 0.1) is 26.0 Å². The van der Waals surface area contributed by atoms with Crippen LogP contribution >= 0.6 is 0 Å². The third-order valence-corrected chi connectivity index (χ3v) is 3.50. The van der Waals surface area contributed by atoms with Gasteiger partial charge in [-0.2, -0.15) is 0 Å². The lowest BCUT2D eigenvalue weighted by molar-refractivity contribution is 0.0299. The van der Waals surface area contributed by atoms with E-state index in [1.807, 2.05) is 0 Å². The summed E-state index contributed by atoms with van der Waals surface area (Å²) in [7, 11) is 0. The Kier molecular flexibility index (Phi) is 4.68. The molecule has 120 valence electrons. The summed E-state index contributed by atoms with van der Waals surface area (Å²) in [5.74, 6) is 0.117. The maximum atomic E-state index is 12.4. The van der Waals surface area contributed by atoms with E-state index in [9.17, 15) is 9.59 Å². The molecule has 2 amide bonds. The molecular formula is C16H17N3O4. The highest BCUT2D eigenvalue weighted by Crippen LogP contribution is 2.07. The van der Waals surface area contributed by atoms with Crippen molar-refractivity contribution in [2.75, 3.05) is 26.3 Å². The number of pyridine rings is 1. The fourth-order valence-corrected chi connectivity index (χ4v) is 2.28. The van der Waals surface area contributed by atoms with Crippen molar-refractivity contribution in [2.45, 2.75) is 6.54 Å². The Labute approximate surface area is 133 Å². The number of rotatable bonds is 4. The molecule has 0 radical (unpaired) electrons. The van der Waals surface area contributed by atoms with Crippen molar-refractivity contribution in [2.24, 2.45) is 0 Å². The number of morpholine rings is 1. The fourth-order valence-electron chi connectivity index (χ4n) is 2.28. The second-order valence-electron chi connectivity index (χ2n) is 5.07. The van der Waals surface area contributed by atoms with E-state index in [-0.39, 0.29) is 29.7 Å². The van der Waals surface area contributed by atoms with Gasteiger partial charge in [0.2, 0.25) is 0 Å². The van der Waals surface area contributed by atoms with Gasteiger partial charge < -0.3 is 19.4 Å². The number of amides is 2. The zero-order chi connectivity index (χ0) is 16.1. The Morgan fingerprint density at radius 2 is 1.91 bits per heavy atom. The second-order valence-corrected chi connectivity index (χ2v) is 5.07. The number of hydrogen-bond donors (Lipinski definition) is 1. The first-order chi connectivity index (χ1) is 11.2. The van der Waals surface area contributed by atoms with E-state index in [4.69, 9.17) is 9.15 Å². The zero-order valence-electron chi connectivity index (χ0n) is 12.5. The minimum Gasteiger partial charge on any atom is -0.467 e. The molecular weight excluding hydrogens is 298 g/mol. The summed E-state index contributed by atoms with van der Waals surface area (Å²) < 4.78 is 10.4. The molecule has 1 aliphatic rings. The molecule has 0 saturated carbocycles. The lowest BCUT2D eigenvalue weighted by Gasteiger charge is -2.26. The third-order valence-electron chi connectivity index (χ3n) is 3.50. The number of nitrogens with zero attached hydrogens (tertiary/aromatic N) is 2. The SMILES string of the molecule is O=C(NCc1ccco1)c1cccc(C(=O)N2CCOCC2)n1. The van der Waals surface area contributed by atoms with Gasteiger partial charge >= 0.3 is 0 Å². The van der Waals surface area contributed by atoms with E-state index in [0.29, 0.717) is 32.1 Å². The molecule has 1 saturated heterocycles. The lowest BCUT2D eigenvalue weighted by atomic mass is 10.2. The van der Waals surface area contributed by atoms with Crippen molar-refractivity contribution in [3.63, 3.8) is 0 Å². The average molecular weight is 315 g/mol. The van der Waals surface area contributed by atoms with Crippen molar-refractivity contribution in [3.05, 3.63) is 53.7 Å². The van der Waals surface area contributed by atoms with Crippen LogP contribution in [-0.4, -0.2) is 48.0 Å². The van der Waals surface area contributed by atoms with Crippen LogP contribution in [0.2, 0.25) is 0 Å². The van der Waals surface area contributed by atoms with Gasteiger partial charge in [0, 0.05) is 13.1 Å². The number of hydrogen-bond acceptors (Lipinski definition) is 5. The van der Waals surface area contributed by atoms with Crippen LogP contribution in [0.1, 0.15) is 26.7 Å². The molecule has 1 fully saturated rings. The predicted octanol–water partition coefficient (Wildman–Crippen LogP) is 1.08. The van der Waals surface area contributed by atoms with Gasteiger partial charge in [-0.1, -0.05) is 6.07 Å². The van der Waals surface area contributed by atoms with Gasteiger partial charge in [0.25, 0.3) is 11.8 Å². The van der Waals surface area contributed by atoms with Gasteiger partial charge in [-0.3, -0.25) is 9.59 Å². The minimum atomic E-state index is -0.349. The summed E-state index contributed by atoms with van der Waals surface area (Å²) in [4.78, 5) is 30.4. The van der Waals surface area contributed by atoms with Crippen LogP contribution in [-0.2, 0) is 11.3 Å². The smallest absolute Gasteiger partial charge is 0.272 e. The Balaban J connectivity index is 1.66. The molecule has 0 unspecified atom stereocenters. The van der Waals surface area contributed by atoms with Gasteiger partial charge in [0.15, 0.2) is 0 Å². The molecule has 0 atom stereocenters. The van der Waals surface area contributed by atoms with Crippen LogP contribution in [0.25, 0.3) is 0 Å². The number of carbonyl (C=O) groups is 2. The summed E-state index contributed by atoms with van der Waals surface area (Å²) in [5.41, 5.74) is 0.466. The summed E-state index contributed by atoms with van der Waals surface area (Å²) in [6.45, 7) is 2.39. The molecule has 3 heterocycles. The number of nitrogens with one attached hydrogen (secondary N) is 1. The van der Waals surface area contributed by atoms with Gasteiger partial charge in [0.1, 0.15) is 17.1 Å². The fraction of sp³-hybridized carbons (Fsp3) is 0.312. The number of furan rings is 1. The minimum absolute atomic E-state index is 0.186. The van der Waals surface area contributed by atoms with Gasteiger partial charge in [-0.15, -0.1) is 0 Å². The molecule has 23 heavy (non-hydrogen) atoms. The largest absolute Gasteiger partial charge is 0.467 e. The molecule has 2 aromatic heterocycles. The van der Waals surface area contributed by atoms with E-state index < -0.39 is 0 Å². The van der Waals surface area contributed by atoms with Crippen LogP contribution in [0.5, 0.6) is 0 Å². The number of aromatic nitrogens is 1. The second kappa shape index (κ2) is 7.06. The van der Waals surface area contributed by atoms with Gasteiger partial charge in [-0.05, 0) is 24.3 Å². The Morgan fingerprint density at radius 1 is 1.13 bits per heavy atom. The molecule has 1 aliphatic heterocycles. The monoisotopic (exact) mass is 315 g/mol. The highest BCUT2D eigenvalue weighted by atomic mass is 16.5. The van der Waals surface area contributed by atoms with Crippen LogP contribution in [0.4, 0.5) is 0 Å².